The molecule has 1 heterocycles. The first kappa shape index (κ1) is 15.5. The van der Waals surface area contributed by atoms with Crippen LogP contribution in [-0.2, 0) is 0 Å². The maximum absolute atomic E-state index is 12.4. The molecule has 1 aromatic carbocycles. The van der Waals surface area contributed by atoms with Crippen molar-refractivity contribution in [1.29, 1.82) is 0 Å². The molecule has 0 fully saturated rings. The van der Waals surface area contributed by atoms with Gasteiger partial charge in [-0.05, 0) is 25.3 Å². The first-order chi connectivity index (χ1) is 10.1. The van der Waals surface area contributed by atoms with E-state index in [1.807, 2.05) is 37.6 Å². The third-order valence-corrected chi connectivity index (χ3v) is 4.20. The van der Waals surface area contributed by atoms with Gasteiger partial charge in [-0.1, -0.05) is 12.1 Å². The van der Waals surface area contributed by atoms with E-state index in [1.54, 1.807) is 35.3 Å². The molecule has 0 aliphatic carbocycles. The van der Waals surface area contributed by atoms with Crippen molar-refractivity contribution in [1.82, 2.24) is 14.9 Å². The fraction of sp³-hybridized carbons (Fsp3) is 0.312. The lowest BCUT2D eigenvalue weighted by atomic mass is 10.1. The van der Waals surface area contributed by atoms with Crippen molar-refractivity contribution in [3.8, 4) is 11.3 Å². The summed E-state index contributed by atoms with van der Waals surface area (Å²) in [7, 11) is 1.85. The van der Waals surface area contributed by atoms with Crippen molar-refractivity contribution in [2.24, 2.45) is 0 Å². The zero-order valence-electron chi connectivity index (χ0n) is 12.5. The monoisotopic (exact) mass is 301 g/mol. The average Bonchev–Trinajstić information content (AvgIpc) is 2.54. The molecule has 0 saturated heterocycles. The lowest BCUT2D eigenvalue weighted by Gasteiger charge is -2.24. The summed E-state index contributed by atoms with van der Waals surface area (Å²) in [5.41, 5.74) is 2.46. The Morgan fingerprint density at radius 3 is 2.57 bits per heavy atom. The Kier molecular flexibility index (Phi) is 5.33. The molecule has 1 aromatic heterocycles. The first-order valence-corrected chi connectivity index (χ1v) is 8.15. The van der Waals surface area contributed by atoms with E-state index in [0.717, 1.165) is 17.0 Å². The molecule has 2 rings (SSSR count). The Bertz CT molecular complexity index is 586. The van der Waals surface area contributed by atoms with Gasteiger partial charge in [0.1, 0.15) is 0 Å². The predicted molar refractivity (Wildman–Crippen MR) is 87.4 cm³/mol. The lowest BCUT2D eigenvalue weighted by Crippen LogP contribution is -2.36. The third kappa shape index (κ3) is 3.82. The Morgan fingerprint density at radius 2 is 2.00 bits per heavy atom. The number of carbonyl (C=O) groups is 1. The second kappa shape index (κ2) is 7.22. The van der Waals surface area contributed by atoms with Crippen molar-refractivity contribution in [2.45, 2.75) is 13.0 Å². The van der Waals surface area contributed by atoms with Crippen molar-refractivity contribution in [3.63, 3.8) is 0 Å². The SMILES string of the molecule is CSC[C@@H](C)N(C)C(=O)c1ccc(-c2cnccn2)cc1. The van der Waals surface area contributed by atoms with E-state index in [2.05, 4.69) is 16.9 Å². The van der Waals surface area contributed by atoms with Gasteiger partial charge < -0.3 is 4.90 Å². The van der Waals surface area contributed by atoms with Crippen LogP contribution in [0.1, 0.15) is 17.3 Å². The highest BCUT2D eigenvalue weighted by atomic mass is 32.2. The highest BCUT2D eigenvalue weighted by Gasteiger charge is 2.17. The van der Waals surface area contributed by atoms with Crippen LogP contribution >= 0.6 is 11.8 Å². The maximum Gasteiger partial charge on any atom is 0.253 e. The van der Waals surface area contributed by atoms with Crippen molar-refractivity contribution in [3.05, 3.63) is 48.4 Å². The minimum atomic E-state index is 0.0437. The summed E-state index contributed by atoms with van der Waals surface area (Å²) < 4.78 is 0. The third-order valence-electron chi connectivity index (χ3n) is 3.38. The lowest BCUT2D eigenvalue weighted by molar-refractivity contribution is 0.0757. The molecule has 0 spiro atoms. The first-order valence-electron chi connectivity index (χ1n) is 6.76. The molecule has 21 heavy (non-hydrogen) atoms. The molecule has 0 aliphatic rings. The van der Waals surface area contributed by atoms with Gasteiger partial charge in [0.2, 0.25) is 0 Å². The molecule has 5 heteroatoms. The molecular weight excluding hydrogens is 282 g/mol. The van der Waals surface area contributed by atoms with Gasteiger partial charge >= 0.3 is 0 Å². The Morgan fingerprint density at radius 1 is 1.29 bits per heavy atom. The largest absolute Gasteiger partial charge is 0.338 e. The Balaban J connectivity index is 2.14. The highest BCUT2D eigenvalue weighted by molar-refractivity contribution is 7.98. The van der Waals surface area contributed by atoms with Crippen LogP contribution in [0.4, 0.5) is 0 Å². The van der Waals surface area contributed by atoms with Gasteiger partial charge in [0, 0.05) is 42.4 Å². The number of carbonyl (C=O) groups excluding carboxylic acids is 1. The number of benzene rings is 1. The topological polar surface area (TPSA) is 46.1 Å². The van der Waals surface area contributed by atoms with Crippen molar-refractivity contribution >= 4 is 17.7 Å². The highest BCUT2D eigenvalue weighted by Crippen LogP contribution is 2.17. The molecule has 0 N–H and O–H groups in total. The summed E-state index contributed by atoms with van der Waals surface area (Å²) in [6.07, 6.45) is 7.06. The molecule has 1 amide bonds. The minimum absolute atomic E-state index is 0.0437. The molecule has 4 nitrogen and oxygen atoms in total. The molecule has 0 unspecified atom stereocenters. The van der Waals surface area contributed by atoms with Gasteiger partial charge in [0.05, 0.1) is 11.9 Å². The standard InChI is InChI=1S/C16H19N3OS/c1-12(11-21-3)19(2)16(20)14-6-4-13(5-7-14)15-10-17-8-9-18-15/h4-10,12H,11H2,1-3H3/t12-/m1/s1. The number of thioether (sulfide) groups is 1. The zero-order chi connectivity index (χ0) is 15.2. The number of aromatic nitrogens is 2. The zero-order valence-corrected chi connectivity index (χ0v) is 13.3. The maximum atomic E-state index is 12.4. The summed E-state index contributed by atoms with van der Waals surface area (Å²) in [4.78, 5) is 22.5. The van der Waals surface area contributed by atoms with Crippen LogP contribution in [0.2, 0.25) is 0 Å². The second-order valence-electron chi connectivity index (χ2n) is 4.89. The molecule has 0 aliphatic heterocycles. The van der Waals surface area contributed by atoms with Gasteiger partial charge in [0.25, 0.3) is 5.91 Å². The molecule has 2 aromatic rings. The van der Waals surface area contributed by atoms with Crippen LogP contribution in [0.5, 0.6) is 0 Å². The van der Waals surface area contributed by atoms with Crippen LogP contribution in [0.25, 0.3) is 11.3 Å². The van der Waals surface area contributed by atoms with Crippen LogP contribution in [0, 0.1) is 0 Å². The fourth-order valence-electron chi connectivity index (χ4n) is 1.99. The minimum Gasteiger partial charge on any atom is -0.338 e. The number of nitrogens with zero attached hydrogens (tertiary/aromatic N) is 3. The smallest absolute Gasteiger partial charge is 0.253 e. The van der Waals surface area contributed by atoms with Gasteiger partial charge in [-0.15, -0.1) is 0 Å². The Labute approximate surface area is 129 Å². The van der Waals surface area contributed by atoms with E-state index in [-0.39, 0.29) is 11.9 Å². The van der Waals surface area contributed by atoms with Crippen LogP contribution in [0.3, 0.4) is 0 Å². The van der Waals surface area contributed by atoms with E-state index in [4.69, 9.17) is 0 Å². The molecule has 0 bridgehead atoms. The Hall–Kier alpha value is -1.88. The normalized spacial score (nSPS) is 12.0. The quantitative estimate of drug-likeness (QED) is 0.852. The van der Waals surface area contributed by atoms with Gasteiger partial charge in [0.15, 0.2) is 0 Å². The number of rotatable bonds is 5. The van der Waals surface area contributed by atoms with E-state index in [0.29, 0.717) is 5.56 Å². The molecule has 110 valence electrons. The van der Waals surface area contributed by atoms with Crippen LogP contribution in [-0.4, -0.2) is 45.9 Å². The van der Waals surface area contributed by atoms with Gasteiger partial charge in [-0.3, -0.25) is 14.8 Å². The second-order valence-corrected chi connectivity index (χ2v) is 5.80. The number of amides is 1. The summed E-state index contributed by atoms with van der Waals surface area (Å²) in [6.45, 7) is 2.06. The van der Waals surface area contributed by atoms with E-state index >= 15 is 0 Å². The van der Waals surface area contributed by atoms with E-state index in [9.17, 15) is 4.79 Å². The van der Waals surface area contributed by atoms with Crippen molar-refractivity contribution < 1.29 is 4.79 Å². The average molecular weight is 301 g/mol. The van der Waals surface area contributed by atoms with Crippen LogP contribution < -0.4 is 0 Å². The summed E-state index contributed by atoms with van der Waals surface area (Å²) in [5, 5.41) is 0. The predicted octanol–water partition coefficient (Wildman–Crippen LogP) is 2.97. The number of hydrogen-bond acceptors (Lipinski definition) is 4. The molecular formula is C16H19N3OS. The van der Waals surface area contributed by atoms with Gasteiger partial charge in [-0.2, -0.15) is 11.8 Å². The number of hydrogen-bond donors (Lipinski definition) is 0. The van der Waals surface area contributed by atoms with E-state index < -0.39 is 0 Å². The van der Waals surface area contributed by atoms with Crippen LogP contribution in [0.15, 0.2) is 42.9 Å². The van der Waals surface area contributed by atoms with Crippen molar-refractivity contribution in [2.75, 3.05) is 19.1 Å². The fourth-order valence-corrected chi connectivity index (χ4v) is 2.69. The summed E-state index contributed by atoms with van der Waals surface area (Å²) >= 11 is 1.74. The molecule has 1 atom stereocenters. The van der Waals surface area contributed by atoms with E-state index in [1.165, 1.54) is 0 Å². The molecule has 0 radical (unpaired) electrons. The summed E-state index contributed by atoms with van der Waals surface area (Å²) in [5.74, 6) is 0.974. The summed E-state index contributed by atoms with van der Waals surface area (Å²) in [6, 6.07) is 7.71. The molecule has 0 saturated carbocycles. The van der Waals surface area contributed by atoms with Gasteiger partial charge in [-0.25, -0.2) is 0 Å².